The average molecular weight is 281 g/mol. The molecular formula is C15H21ClN2O. The number of hydrogen-bond acceptors (Lipinski definition) is 2. The number of nitrogens with one attached hydrogen (secondary N) is 2. The largest absolute Gasteiger partial charge is 0.353 e. The van der Waals surface area contributed by atoms with Crippen LogP contribution < -0.4 is 10.6 Å². The van der Waals surface area contributed by atoms with E-state index in [1.165, 1.54) is 5.56 Å². The Balaban J connectivity index is 1.75. The molecule has 1 saturated heterocycles. The molecule has 19 heavy (non-hydrogen) atoms. The lowest BCUT2D eigenvalue weighted by molar-refractivity contribution is -0.122. The van der Waals surface area contributed by atoms with E-state index in [4.69, 9.17) is 11.6 Å². The van der Waals surface area contributed by atoms with E-state index in [0.29, 0.717) is 12.3 Å². The van der Waals surface area contributed by atoms with Crippen LogP contribution in [0.4, 0.5) is 0 Å². The average Bonchev–Trinajstić information content (AvgIpc) is 2.84. The summed E-state index contributed by atoms with van der Waals surface area (Å²) in [6, 6.07) is 7.94. The van der Waals surface area contributed by atoms with Gasteiger partial charge in [-0.1, -0.05) is 23.7 Å². The lowest BCUT2D eigenvalue weighted by Crippen LogP contribution is -2.35. The van der Waals surface area contributed by atoms with Crippen LogP contribution in [0.5, 0.6) is 0 Å². The van der Waals surface area contributed by atoms with E-state index in [1.54, 1.807) is 0 Å². The first-order valence-corrected chi connectivity index (χ1v) is 7.26. The van der Waals surface area contributed by atoms with E-state index in [1.807, 2.05) is 31.2 Å². The Kier molecular flexibility index (Phi) is 5.23. The Labute approximate surface area is 119 Å². The van der Waals surface area contributed by atoms with Crippen molar-refractivity contribution in [3.8, 4) is 0 Å². The van der Waals surface area contributed by atoms with Crippen LogP contribution in [0.1, 0.15) is 25.3 Å². The summed E-state index contributed by atoms with van der Waals surface area (Å²) in [7, 11) is 0. The Morgan fingerprint density at radius 3 is 2.84 bits per heavy atom. The van der Waals surface area contributed by atoms with Crippen molar-refractivity contribution in [1.82, 2.24) is 10.6 Å². The van der Waals surface area contributed by atoms with Crippen LogP contribution in [-0.2, 0) is 11.2 Å². The van der Waals surface area contributed by atoms with Gasteiger partial charge in [-0.15, -0.1) is 0 Å². The second-order valence-corrected chi connectivity index (χ2v) is 5.80. The fourth-order valence-electron chi connectivity index (χ4n) is 2.51. The number of carbonyl (C=O) groups is 1. The maximum atomic E-state index is 11.9. The lowest BCUT2D eigenvalue weighted by Gasteiger charge is -2.15. The van der Waals surface area contributed by atoms with Gasteiger partial charge in [0.1, 0.15) is 0 Å². The van der Waals surface area contributed by atoms with Crippen molar-refractivity contribution in [2.75, 3.05) is 13.1 Å². The predicted octanol–water partition coefficient (Wildman–Crippen LogP) is 2.39. The smallest absolute Gasteiger partial charge is 0.220 e. The quantitative estimate of drug-likeness (QED) is 0.870. The summed E-state index contributed by atoms with van der Waals surface area (Å²) in [5.74, 6) is 0.665. The summed E-state index contributed by atoms with van der Waals surface area (Å²) in [6.07, 6.45) is 2.59. The van der Waals surface area contributed by atoms with E-state index in [-0.39, 0.29) is 11.9 Å². The Morgan fingerprint density at radius 2 is 2.21 bits per heavy atom. The van der Waals surface area contributed by atoms with Crippen LogP contribution in [0.3, 0.4) is 0 Å². The van der Waals surface area contributed by atoms with Gasteiger partial charge in [0.2, 0.25) is 5.91 Å². The van der Waals surface area contributed by atoms with E-state index in [2.05, 4.69) is 10.6 Å². The Morgan fingerprint density at radius 1 is 1.47 bits per heavy atom. The van der Waals surface area contributed by atoms with Gasteiger partial charge in [-0.05, 0) is 56.5 Å². The molecule has 2 atom stereocenters. The molecule has 3 nitrogen and oxygen atoms in total. The molecule has 1 aromatic carbocycles. The van der Waals surface area contributed by atoms with Crippen LogP contribution >= 0.6 is 11.6 Å². The zero-order chi connectivity index (χ0) is 13.7. The molecule has 0 bridgehead atoms. The summed E-state index contributed by atoms with van der Waals surface area (Å²) in [4.78, 5) is 11.9. The second-order valence-electron chi connectivity index (χ2n) is 5.36. The van der Waals surface area contributed by atoms with Gasteiger partial charge in [-0.25, -0.2) is 0 Å². The molecule has 0 aromatic heterocycles. The van der Waals surface area contributed by atoms with Gasteiger partial charge in [0.15, 0.2) is 0 Å². The third kappa shape index (κ3) is 4.84. The summed E-state index contributed by atoms with van der Waals surface area (Å²) < 4.78 is 0. The molecule has 0 radical (unpaired) electrons. The molecule has 1 heterocycles. The molecule has 2 rings (SSSR count). The molecule has 1 aliphatic heterocycles. The summed E-state index contributed by atoms with van der Waals surface area (Å²) in [5.41, 5.74) is 1.19. The minimum absolute atomic E-state index is 0.156. The predicted molar refractivity (Wildman–Crippen MR) is 78.4 cm³/mol. The fourth-order valence-corrected chi connectivity index (χ4v) is 2.64. The highest BCUT2D eigenvalue weighted by atomic mass is 35.5. The van der Waals surface area contributed by atoms with E-state index < -0.39 is 0 Å². The Bertz CT molecular complexity index is 413. The number of amides is 1. The maximum absolute atomic E-state index is 11.9. The SMILES string of the molecule is CC(Cc1ccc(Cl)cc1)NC(=O)CC1CCNC1. The maximum Gasteiger partial charge on any atom is 0.220 e. The van der Waals surface area contributed by atoms with Gasteiger partial charge in [0.25, 0.3) is 0 Å². The number of hydrogen-bond donors (Lipinski definition) is 2. The van der Waals surface area contributed by atoms with Crippen molar-refractivity contribution >= 4 is 17.5 Å². The highest BCUT2D eigenvalue weighted by Gasteiger charge is 2.18. The second kappa shape index (κ2) is 6.92. The van der Waals surface area contributed by atoms with Gasteiger partial charge in [-0.2, -0.15) is 0 Å². The molecule has 1 amide bonds. The third-order valence-corrected chi connectivity index (χ3v) is 3.75. The van der Waals surface area contributed by atoms with E-state index >= 15 is 0 Å². The topological polar surface area (TPSA) is 41.1 Å². The third-order valence-electron chi connectivity index (χ3n) is 3.50. The highest BCUT2D eigenvalue weighted by Crippen LogP contribution is 2.13. The van der Waals surface area contributed by atoms with Crippen LogP contribution in [0.2, 0.25) is 5.02 Å². The lowest BCUT2D eigenvalue weighted by atomic mass is 10.0. The Hall–Kier alpha value is -1.06. The molecule has 0 saturated carbocycles. The zero-order valence-corrected chi connectivity index (χ0v) is 12.0. The van der Waals surface area contributed by atoms with Gasteiger partial charge in [-0.3, -0.25) is 4.79 Å². The first-order valence-electron chi connectivity index (χ1n) is 6.88. The standard InChI is InChI=1S/C15H21ClN2O/c1-11(8-12-2-4-14(16)5-3-12)18-15(19)9-13-6-7-17-10-13/h2-5,11,13,17H,6-10H2,1H3,(H,18,19). The monoisotopic (exact) mass is 280 g/mol. The number of rotatable bonds is 5. The first-order chi connectivity index (χ1) is 9.13. The minimum Gasteiger partial charge on any atom is -0.353 e. The van der Waals surface area contributed by atoms with Crippen LogP contribution in [-0.4, -0.2) is 25.0 Å². The van der Waals surface area contributed by atoms with Gasteiger partial charge < -0.3 is 10.6 Å². The molecule has 0 aliphatic carbocycles. The number of carbonyl (C=O) groups excluding carboxylic acids is 1. The van der Waals surface area contributed by atoms with Crippen LogP contribution in [0.25, 0.3) is 0 Å². The normalized spacial score (nSPS) is 20.2. The summed E-state index contributed by atoms with van der Waals surface area (Å²) in [5, 5.41) is 7.10. The van der Waals surface area contributed by atoms with Crippen LogP contribution in [0, 0.1) is 5.92 Å². The molecule has 2 unspecified atom stereocenters. The molecule has 4 heteroatoms. The minimum atomic E-state index is 0.156. The van der Waals surface area contributed by atoms with Crippen molar-refractivity contribution in [2.24, 2.45) is 5.92 Å². The summed E-state index contributed by atoms with van der Waals surface area (Å²) in [6.45, 7) is 4.05. The van der Waals surface area contributed by atoms with Crippen molar-refractivity contribution < 1.29 is 4.79 Å². The van der Waals surface area contributed by atoms with Crippen molar-refractivity contribution in [2.45, 2.75) is 32.2 Å². The first kappa shape index (κ1) is 14.4. The summed E-state index contributed by atoms with van der Waals surface area (Å²) >= 11 is 5.85. The van der Waals surface area contributed by atoms with Crippen molar-refractivity contribution in [3.05, 3.63) is 34.9 Å². The van der Waals surface area contributed by atoms with E-state index in [0.717, 1.165) is 31.0 Å². The van der Waals surface area contributed by atoms with Crippen molar-refractivity contribution in [1.29, 1.82) is 0 Å². The van der Waals surface area contributed by atoms with Gasteiger partial charge in [0, 0.05) is 17.5 Å². The molecular weight excluding hydrogens is 260 g/mol. The van der Waals surface area contributed by atoms with Crippen molar-refractivity contribution in [3.63, 3.8) is 0 Å². The van der Waals surface area contributed by atoms with Gasteiger partial charge in [0.05, 0.1) is 0 Å². The highest BCUT2D eigenvalue weighted by molar-refractivity contribution is 6.30. The molecule has 2 N–H and O–H groups in total. The molecule has 1 fully saturated rings. The number of halogens is 1. The van der Waals surface area contributed by atoms with Gasteiger partial charge >= 0.3 is 0 Å². The zero-order valence-electron chi connectivity index (χ0n) is 11.3. The molecule has 1 aromatic rings. The fraction of sp³-hybridized carbons (Fsp3) is 0.533. The van der Waals surface area contributed by atoms with Crippen LogP contribution in [0.15, 0.2) is 24.3 Å². The molecule has 0 spiro atoms. The van der Waals surface area contributed by atoms with E-state index in [9.17, 15) is 4.79 Å². The number of benzene rings is 1. The molecule has 1 aliphatic rings. The molecule has 104 valence electrons.